The molecule has 0 aliphatic carbocycles. The van der Waals surface area contributed by atoms with Crippen LogP contribution >= 0.6 is 27.3 Å². The average molecular weight is 358 g/mol. The average Bonchev–Trinajstić information content (AvgIpc) is 2.81. The number of halogens is 2. The normalized spacial score (nSPS) is 13.5. The van der Waals surface area contributed by atoms with Crippen LogP contribution in [0.15, 0.2) is 28.1 Å². The Morgan fingerprint density at radius 3 is 2.65 bits per heavy atom. The van der Waals surface area contributed by atoms with Crippen LogP contribution in [0.4, 0.5) is 4.39 Å². The van der Waals surface area contributed by atoms with E-state index in [2.05, 4.69) is 41.7 Å². The van der Waals surface area contributed by atoms with Crippen molar-refractivity contribution in [1.82, 2.24) is 4.98 Å². The molecular weight excluding hydrogens is 341 g/mol. The van der Waals surface area contributed by atoms with Crippen LogP contribution in [0.5, 0.6) is 0 Å². The van der Waals surface area contributed by atoms with Crippen LogP contribution < -0.4 is 0 Å². The van der Waals surface area contributed by atoms with Crippen LogP contribution in [0.2, 0.25) is 0 Å². The number of aliphatic hydroxyl groups is 1. The van der Waals surface area contributed by atoms with Gasteiger partial charge in [-0.1, -0.05) is 26.8 Å². The van der Waals surface area contributed by atoms with E-state index in [-0.39, 0.29) is 11.2 Å². The van der Waals surface area contributed by atoms with Crippen LogP contribution in [0, 0.1) is 5.82 Å². The number of hydrogen-bond acceptors (Lipinski definition) is 3. The van der Waals surface area contributed by atoms with Crippen LogP contribution in [0.25, 0.3) is 0 Å². The standard InChI is InChI=1S/C15H17BrFNOS/c1-15(2,3)13-8-20-14(18-13)7-12(19)9-4-5-10(16)11(17)6-9/h4-6,8,12,19H,7H2,1-3H3. The van der Waals surface area contributed by atoms with E-state index in [4.69, 9.17) is 0 Å². The summed E-state index contributed by atoms with van der Waals surface area (Å²) in [4.78, 5) is 4.54. The molecule has 1 N–H and O–H groups in total. The van der Waals surface area contributed by atoms with Crippen LogP contribution in [-0.2, 0) is 11.8 Å². The van der Waals surface area contributed by atoms with Crippen molar-refractivity contribution in [3.8, 4) is 0 Å². The highest BCUT2D eigenvalue weighted by Crippen LogP contribution is 2.27. The summed E-state index contributed by atoms with van der Waals surface area (Å²) in [6.07, 6.45) is -0.335. The molecule has 0 amide bonds. The van der Waals surface area contributed by atoms with Crippen LogP contribution in [0.1, 0.15) is 43.1 Å². The first kappa shape index (κ1) is 15.6. The first-order valence-corrected chi connectivity index (χ1v) is 8.02. The summed E-state index contributed by atoms with van der Waals surface area (Å²) in [6.45, 7) is 6.31. The lowest BCUT2D eigenvalue weighted by molar-refractivity contribution is 0.177. The lowest BCUT2D eigenvalue weighted by Crippen LogP contribution is -2.12. The largest absolute Gasteiger partial charge is 0.388 e. The van der Waals surface area contributed by atoms with Crippen molar-refractivity contribution in [2.24, 2.45) is 0 Å². The van der Waals surface area contributed by atoms with Gasteiger partial charge in [-0.2, -0.15) is 0 Å². The molecule has 1 aromatic heterocycles. The minimum atomic E-state index is -0.739. The minimum absolute atomic E-state index is 0.00339. The Hall–Kier alpha value is -0.780. The fraction of sp³-hybridized carbons (Fsp3) is 0.400. The van der Waals surface area contributed by atoms with Gasteiger partial charge in [0.1, 0.15) is 5.82 Å². The molecule has 2 aromatic rings. The molecule has 20 heavy (non-hydrogen) atoms. The van der Waals surface area contributed by atoms with E-state index in [1.165, 1.54) is 17.4 Å². The molecular formula is C15H17BrFNOS. The Labute approximate surface area is 130 Å². The molecule has 2 nitrogen and oxygen atoms in total. The number of hydrogen-bond donors (Lipinski definition) is 1. The number of benzene rings is 1. The summed E-state index contributed by atoms with van der Waals surface area (Å²) < 4.78 is 13.9. The maximum atomic E-state index is 13.5. The van der Waals surface area contributed by atoms with Crippen molar-refractivity contribution in [3.05, 3.63) is 50.1 Å². The molecule has 0 saturated carbocycles. The molecule has 0 aliphatic heterocycles. The maximum absolute atomic E-state index is 13.5. The van der Waals surface area contributed by atoms with Crippen molar-refractivity contribution in [2.75, 3.05) is 0 Å². The summed E-state index contributed by atoms with van der Waals surface area (Å²) in [6, 6.07) is 4.68. The van der Waals surface area contributed by atoms with E-state index in [1.54, 1.807) is 12.1 Å². The van der Waals surface area contributed by atoms with E-state index in [0.29, 0.717) is 16.5 Å². The van der Waals surface area contributed by atoms with Gasteiger partial charge >= 0.3 is 0 Å². The molecule has 108 valence electrons. The molecule has 1 heterocycles. The fourth-order valence-corrected chi connectivity index (χ4v) is 3.06. The third-order valence-corrected chi connectivity index (χ3v) is 4.53. The number of nitrogens with zero attached hydrogens (tertiary/aromatic N) is 1. The van der Waals surface area contributed by atoms with Gasteiger partial charge in [0, 0.05) is 17.2 Å². The lowest BCUT2D eigenvalue weighted by Gasteiger charge is -2.14. The van der Waals surface area contributed by atoms with Crippen molar-refractivity contribution in [3.63, 3.8) is 0 Å². The van der Waals surface area contributed by atoms with E-state index in [1.807, 2.05) is 5.38 Å². The van der Waals surface area contributed by atoms with E-state index >= 15 is 0 Å². The smallest absolute Gasteiger partial charge is 0.137 e. The quantitative estimate of drug-likeness (QED) is 0.869. The van der Waals surface area contributed by atoms with Crippen molar-refractivity contribution in [2.45, 2.75) is 38.7 Å². The van der Waals surface area contributed by atoms with Gasteiger partial charge in [0.25, 0.3) is 0 Å². The number of aromatic nitrogens is 1. The topological polar surface area (TPSA) is 33.1 Å². The predicted molar refractivity (Wildman–Crippen MR) is 83.6 cm³/mol. The highest BCUT2D eigenvalue weighted by Gasteiger charge is 2.19. The van der Waals surface area contributed by atoms with E-state index in [9.17, 15) is 9.50 Å². The van der Waals surface area contributed by atoms with Crippen LogP contribution in [-0.4, -0.2) is 10.1 Å². The zero-order valence-corrected chi connectivity index (χ0v) is 14.1. The lowest BCUT2D eigenvalue weighted by atomic mass is 9.93. The molecule has 0 radical (unpaired) electrons. The molecule has 1 atom stereocenters. The zero-order valence-electron chi connectivity index (χ0n) is 11.7. The fourth-order valence-electron chi connectivity index (χ4n) is 1.75. The molecule has 0 bridgehead atoms. The Bertz CT molecular complexity index is 606. The van der Waals surface area contributed by atoms with Gasteiger partial charge in [0.2, 0.25) is 0 Å². The van der Waals surface area contributed by atoms with E-state index in [0.717, 1.165) is 10.7 Å². The van der Waals surface area contributed by atoms with Gasteiger partial charge in [0.05, 0.1) is 21.3 Å². The molecule has 0 aliphatic rings. The second-order valence-corrected chi connectivity index (χ2v) is 7.57. The van der Waals surface area contributed by atoms with Crippen molar-refractivity contribution < 1.29 is 9.50 Å². The highest BCUT2D eigenvalue weighted by atomic mass is 79.9. The highest BCUT2D eigenvalue weighted by molar-refractivity contribution is 9.10. The molecule has 1 aromatic carbocycles. The van der Waals surface area contributed by atoms with Gasteiger partial charge in [-0.05, 0) is 33.6 Å². The molecule has 5 heteroatoms. The predicted octanol–water partition coefficient (Wildman–Crippen LogP) is 4.62. The Morgan fingerprint density at radius 2 is 2.10 bits per heavy atom. The molecule has 1 unspecified atom stereocenters. The zero-order chi connectivity index (χ0) is 14.9. The number of thiazole rings is 1. The van der Waals surface area contributed by atoms with Gasteiger partial charge < -0.3 is 5.11 Å². The third-order valence-electron chi connectivity index (χ3n) is 3.02. The van der Waals surface area contributed by atoms with Crippen LogP contribution in [0.3, 0.4) is 0 Å². The van der Waals surface area contributed by atoms with Crippen molar-refractivity contribution >= 4 is 27.3 Å². The maximum Gasteiger partial charge on any atom is 0.137 e. The van der Waals surface area contributed by atoms with Gasteiger partial charge in [0.15, 0.2) is 0 Å². The summed E-state index contributed by atoms with van der Waals surface area (Å²) >= 11 is 4.64. The van der Waals surface area contributed by atoms with Gasteiger partial charge in [-0.3, -0.25) is 0 Å². The van der Waals surface area contributed by atoms with Crippen molar-refractivity contribution in [1.29, 1.82) is 0 Å². The molecule has 0 saturated heterocycles. The number of rotatable bonds is 3. The molecule has 2 rings (SSSR count). The second-order valence-electron chi connectivity index (χ2n) is 5.77. The first-order valence-electron chi connectivity index (χ1n) is 6.35. The monoisotopic (exact) mass is 357 g/mol. The van der Waals surface area contributed by atoms with Gasteiger partial charge in [-0.25, -0.2) is 9.37 Å². The van der Waals surface area contributed by atoms with E-state index < -0.39 is 6.10 Å². The summed E-state index contributed by atoms with van der Waals surface area (Å²) in [7, 11) is 0. The molecule has 0 fully saturated rings. The summed E-state index contributed by atoms with van der Waals surface area (Å²) in [5.74, 6) is -0.365. The minimum Gasteiger partial charge on any atom is -0.388 e. The Morgan fingerprint density at radius 1 is 1.40 bits per heavy atom. The second kappa shape index (κ2) is 5.92. The molecule has 0 spiro atoms. The number of aliphatic hydroxyl groups excluding tert-OH is 1. The van der Waals surface area contributed by atoms with Gasteiger partial charge in [-0.15, -0.1) is 11.3 Å². The summed E-state index contributed by atoms with van der Waals surface area (Å²) in [5, 5.41) is 13.1. The third kappa shape index (κ3) is 3.65. The summed E-state index contributed by atoms with van der Waals surface area (Å²) in [5.41, 5.74) is 1.59. The Balaban J connectivity index is 2.13. The first-order chi connectivity index (χ1) is 9.27. The SMILES string of the molecule is CC(C)(C)c1csc(CC(O)c2ccc(Br)c(F)c2)n1. The Kier molecular flexibility index (Phi) is 4.62.